The number of carboxylic acid groups (broad SMARTS) is 1. The lowest BCUT2D eigenvalue weighted by atomic mass is 10.0. The molecule has 92 valence electrons. The van der Waals surface area contributed by atoms with Crippen LogP contribution in [0.2, 0.25) is 0 Å². The van der Waals surface area contributed by atoms with Crippen LogP contribution in [-0.4, -0.2) is 16.9 Å². The van der Waals surface area contributed by atoms with Gasteiger partial charge in [0.15, 0.2) is 0 Å². The van der Waals surface area contributed by atoms with Gasteiger partial charge in [-0.1, -0.05) is 68.9 Å². The van der Waals surface area contributed by atoms with Gasteiger partial charge in [-0.3, -0.25) is 4.79 Å². The van der Waals surface area contributed by atoms with Crippen LogP contribution in [0.1, 0.15) is 48.9 Å². The van der Waals surface area contributed by atoms with Crippen molar-refractivity contribution in [1.82, 2.24) is 0 Å². The number of Topliss-reactive ketones (excluding diaryl/α,β-unsaturated/α-hetero) is 1. The highest BCUT2D eigenvalue weighted by Crippen LogP contribution is 2.15. The summed E-state index contributed by atoms with van der Waals surface area (Å²) in [5, 5.41) is 8.29. The molecule has 3 nitrogen and oxygen atoms in total. The Morgan fingerprint density at radius 1 is 0.824 bits per heavy atom. The van der Waals surface area contributed by atoms with E-state index in [-0.39, 0.29) is 5.56 Å². The van der Waals surface area contributed by atoms with E-state index in [1.54, 1.807) is 18.2 Å². The van der Waals surface area contributed by atoms with Crippen molar-refractivity contribution in [2.45, 2.75) is 38.5 Å². The van der Waals surface area contributed by atoms with Gasteiger partial charge in [0, 0.05) is 5.56 Å². The first kappa shape index (κ1) is 13.4. The molecule has 17 heavy (non-hydrogen) atoms. The zero-order valence-corrected chi connectivity index (χ0v) is 9.89. The summed E-state index contributed by atoms with van der Waals surface area (Å²) in [4.78, 5) is 20.9. The molecule has 0 aromatic heterocycles. The lowest BCUT2D eigenvalue weighted by molar-refractivity contribution is -0.131. The predicted octanol–water partition coefficient (Wildman–Crippen LogP) is 3.29. The Bertz CT molecular complexity index is 341. The molecule has 1 saturated carbocycles. The Kier molecular flexibility index (Phi) is 6.00. The lowest BCUT2D eigenvalue weighted by Gasteiger charge is -2.05. The van der Waals surface area contributed by atoms with Gasteiger partial charge in [-0.2, -0.15) is 0 Å². The number of hydrogen-bond donors (Lipinski definition) is 1. The van der Waals surface area contributed by atoms with Crippen molar-refractivity contribution in [2.24, 2.45) is 0 Å². The molecule has 1 aliphatic rings. The van der Waals surface area contributed by atoms with Crippen molar-refractivity contribution in [2.75, 3.05) is 0 Å². The highest BCUT2D eigenvalue weighted by atomic mass is 16.4. The number of aliphatic carboxylic acids is 1. The first-order chi connectivity index (χ1) is 8.22. The number of carbonyl (C=O) groups excluding carboxylic acids is 1. The Morgan fingerprint density at radius 3 is 1.59 bits per heavy atom. The van der Waals surface area contributed by atoms with Gasteiger partial charge in [-0.05, 0) is 0 Å². The zero-order chi connectivity index (χ0) is 12.5. The van der Waals surface area contributed by atoms with Gasteiger partial charge >= 0.3 is 5.97 Å². The molecular weight excluding hydrogens is 216 g/mol. The van der Waals surface area contributed by atoms with E-state index in [1.165, 1.54) is 50.7 Å². The molecule has 0 bridgehead atoms. The lowest BCUT2D eigenvalue weighted by Crippen LogP contribution is -2.12. The van der Waals surface area contributed by atoms with Gasteiger partial charge in [0.05, 0.1) is 0 Å². The Morgan fingerprint density at radius 2 is 1.24 bits per heavy atom. The summed E-state index contributed by atoms with van der Waals surface area (Å²) in [7, 11) is 0. The number of ketones is 1. The van der Waals surface area contributed by atoms with E-state index in [0.29, 0.717) is 0 Å². The fourth-order valence-electron chi connectivity index (χ4n) is 1.77. The summed E-state index contributed by atoms with van der Waals surface area (Å²) in [6.07, 6.45) is 9.00. The third-order valence-electron chi connectivity index (χ3n) is 2.73. The molecule has 1 aromatic carbocycles. The minimum Gasteiger partial charge on any atom is -0.475 e. The standard InChI is InChI=1S/C8H6O3.C6H12/c9-7(8(10)11)6-4-2-1-3-5-6;1-2-4-6-5-3-1/h1-5H,(H,10,11);1-6H2. The van der Waals surface area contributed by atoms with Crippen LogP contribution in [0.25, 0.3) is 0 Å². The van der Waals surface area contributed by atoms with E-state index in [0.717, 1.165) is 0 Å². The van der Waals surface area contributed by atoms with E-state index >= 15 is 0 Å². The average Bonchev–Trinajstić information content (AvgIpc) is 2.41. The molecule has 0 atom stereocenters. The van der Waals surface area contributed by atoms with Gasteiger partial charge in [0.1, 0.15) is 0 Å². The van der Waals surface area contributed by atoms with Crippen LogP contribution in [0.4, 0.5) is 0 Å². The summed E-state index contributed by atoms with van der Waals surface area (Å²) in [6.45, 7) is 0. The molecule has 0 radical (unpaired) electrons. The smallest absolute Gasteiger partial charge is 0.377 e. The average molecular weight is 234 g/mol. The quantitative estimate of drug-likeness (QED) is 0.631. The maximum atomic E-state index is 10.7. The second-order valence-corrected chi connectivity index (χ2v) is 4.12. The number of carboxylic acids is 1. The molecule has 0 heterocycles. The fraction of sp³-hybridized carbons (Fsp3) is 0.429. The normalized spacial score (nSPS) is 14.4. The van der Waals surface area contributed by atoms with Crippen LogP contribution in [0.5, 0.6) is 0 Å². The Labute approximate surface area is 101 Å². The molecule has 0 spiro atoms. The highest BCUT2D eigenvalue weighted by molar-refractivity contribution is 6.39. The van der Waals surface area contributed by atoms with Gasteiger partial charge in [-0.25, -0.2) is 4.79 Å². The minimum absolute atomic E-state index is 0.208. The van der Waals surface area contributed by atoms with Crippen LogP contribution in [-0.2, 0) is 4.79 Å². The van der Waals surface area contributed by atoms with E-state index in [9.17, 15) is 9.59 Å². The molecule has 3 heteroatoms. The second-order valence-electron chi connectivity index (χ2n) is 4.12. The number of benzene rings is 1. The summed E-state index contributed by atoms with van der Waals surface area (Å²) in [5.74, 6) is -2.29. The maximum Gasteiger partial charge on any atom is 0.377 e. The Hall–Kier alpha value is -1.64. The molecule has 1 fully saturated rings. The van der Waals surface area contributed by atoms with Crippen molar-refractivity contribution in [1.29, 1.82) is 0 Å². The molecule has 0 aliphatic heterocycles. The van der Waals surface area contributed by atoms with Crippen molar-refractivity contribution >= 4 is 11.8 Å². The zero-order valence-electron chi connectivity index (χ0n) is 9.89. The molecule has 0 saturated heterocycles. The molecule has 1 aliphatic carbocycles. The van der Waals surface area contributed by atoms with E-state index in [4.69, 9.17) is 5.11 Å². The predicted molar refractivity (Wildman–Crippen MR) is 66.1 cm³/mol. The summed E-state index contributed by atoms with van der Waals surface area (Å²) >= 11 is 0. The van der Waals surface area contributed by atoms with Gasteiger partial charge in [-0.15, -0.1) is 0 Å². The molecule has 0 amide bonds. The van der Waals surface area contributed by atoms with Gasteiger partial charge in [0.25, 0.3) is 5.78 Å². The second kappa shape index (κ2) is 7.60. The monoisotopic (exact) mass is 234 g/mol. The van der Waals surface area contributed by atoms with Crippen LogP contribution < -0.4 is 0 Å². The molecule has 1 aromatic rings. The topological polar surface area (TPSA) is 54.4 Å². The first-order valence-electron chi connectivity index (χ1n) is 6.04. The third kappa shape index (κ3) is 5.29. The van der Waals surface area contributed by atoms with Crippen molar-refractivity contribution in [3.63, 3.8) is 0 Å². The van der Waals surface area contributed by atoms with E-state index in [2.05, 4.69) is 0 Å². The van der Waals surface area contributed by atoms with Gasteiger partial charge < -0.3 is 5.11 Å². The van der Waals surface area contributed by atoms with E-state index < -0.39 is 11.8 Å². The minimum atomic E-state index is -1.42. The molecular formula is C14H18O3. The number of carbonyl (C=O) groups is 2. The van der Waals surface area contributed by atoms with E-state index in [1.807, 2.05) is 0 Å². The number of rotatable bonds is 2. The van der Waals surface area contributed by atoms with Crippen molar-refractivity contribution in [3.05, 3.63) is 35.9 Å². The van der Waals surface area contributed by atoms with Crippen LogP contribution in [0.3, 0.4) is 0 Å². The highest BCUT2D eigenvalue weighted by Gasteiger charge is 2.12. The van der Waals surface area contributed by atoms with Crippen LogP contribution in [0.15, 0.2) is 30.3 Å². The molecule has 2 rings (SSSR count). The van der Waals surface area contributed by atoms with Crippen molar-refractivity contribution in [3.8, 4) is 0 Å². The molecule has 1 N–H and O–H groups in total. The maximum absolute atomic E-state index is 10.7. The summed E-state index contributed by atoms with van der Waals surface area (Å²) in [5.41, 5.74) is 0.208. The summed E-state index contributed by atoms with van der Waals surface area (Å²) < 4.78 is 0. The first-order valence-corrected chi connectivity index (χ1v) is 6.04. The third-order valence-corrected chi connectivity index (χ3v) is 2.73. The van der Waals surface area contributed by atoms with Crippen molar-refractivity contribution < 1.29 is 14.7 Å². The summed E-state index contributed by atoms with van der Waals surface area (Å²) in [6, 6.07) is 7.90. The molecule has 0 unspecified atom stereocenters. The number of hydrogen-bond acceptors (Lipinski definition) is 2. The van der Waals surface area contributed by atoms with Crippen LogP contribution in [0, 0.1) is 0 Å². The SMILES string of the molecule is C1CCCCC1.O=C(O)C(=O)c1ccccc1. The van der Waals surface area contributed by atoms with Crippen LogP contribution >= 0.6 is 0 Å². The fourth-order valence-corrected chi connectivity index (χ4v) is 1.77. The van der Waals surface area contributed by atoms with Gasteiger partial charge in [0.2, 0.25) is 0 Å². The largest absolute Gasteiger partial charge is 0.475 e. The Balaban J connectivity index is 0.000000202.